The second kappa shape index (κ2) is 9.98. The van der Waals surface area contributed by atoms with Crippen LogP contribution in [-0.4, -0.2) is 31.1 Å². The van der Waals surface area contributed by atoms with Gasteiger partial charge >= 0.3 is 21.7 Å². The van der Waals surface area contributed by atoms with Gasteiger partial charge in [-0.15, -0.1) is 0 Å². The molecule has 0 aliphatic heterocycles. The highest BCUT2D eigenvalue weighted by Crippen LogP contribution is 2.38. The molecule has 1 heterocycles. The molecular formula is C23H23F3N2O6S. The van der Waals surface area contributed by atoms with Gasteiger partial charge in [-0.2, -0.15) is 21.6 Å². The van der Waals surface area contributed by atoms with E-state index in [1.807, 2.05) is 13.8 Å². The molecule has 0 bridgehead atoms. The summed E-state index contributed by atoms with van der Waals surface area (Å²) in [5.74, 6) is -0.820. The van der Waals surface area contributed by atoms with Crippen LogP contribution in [0, 0.1) is 5.92 Å². The molecule has 12 heteroatoms. The van der Waals surface area contributed by atoms with Crippen molar-refractivity contribution in [1.29, 1.82) is 0 Å². The van der Waals surface area contributed by atoms with Crippen LogP contribution in [0.3, 0.4) is 0 Å². The monoisotopic (exact) mass is 512 g/mol. The van der Waals surface area contributed by atoms with Crippen LogP contribution < -0.4 is 19.8 Å². The number of hydrogen-bond donors (Lipinski definition) is 1. The number of carbonyl (C=O) groups is 1. The van der Waals surface area contributed by atoms with Gasteiger partial charge in [-0.25, -0.2) is 4.79 Å². The molecule has 35 heavy (non-hydrogen) atoms. The minimum absolute atomic E-state index is 0.0510. The van der Waals surface area contributed by atoms with Gasteiger partial charge in [-0.1, -0.05) is 44.2 Å². The number of carbonyl (C=O) groups excluding carboxylic acids is 1. The lowest BCUT2D eigenvalue weighted by Gasteiger charge is -2.21. The van der Waals surface area contributed by atoms with Crippen molar-refractivity contribution >= 4 is 27.0 Å². The number of amides is 1. The highest BCUT2D eigenvalue weighted by atomic mass is 32.2. The van der Waals surface area contributed by atoms with Crippen LogP contribution in [0.2, 0.25) is 0 Å². The van der Waals surface area contributed by atoms with E-state index in [-0.39, 0.29) is 35.7 Å². The van der Waals surface area contributed by atoms with E-state index in [0.29, 0.717) is 11.1 Å². The minimum atomic E-state index is -5.94. The average Bonchev–Trinajstić information content (AvgIpc) is 2.76. The Bertz CT molecular complexity index is 1400. The summed E-state index contributed by atoms with van der Waals surface area (Å²) >= 11 is 0. The highest BCUT2D eigenvalue weighted by molar-refractivity contribution is 7.88. The predicted molar refractivity (Wildman–Crippen MR) is 124 cm³/mol. The zero-order chi connectivity index (χ0) is 26.0. The average molecular weight is 513 g/mol. The van der Waals surface area contributed by atoms with Gasteiger partial charge in [0.15, 0.2) is 0 Å². The molecule has 1 N–H and O–H groups in total. The maximum Gasteiger partial charge on any atom is 0.534 e. The Morgan fingerprint density at radius 3 is 2.31 bits per heavy atom. The summed E-state index contributed by atoms with van der Waals surface area (Å²) in [5, 5.41) is 2.62. The number of pyridine rings is 1. The molecule has 0 aliphatic rings. The maximum atomic E-state index is 13.4. The molecular weight excluding hydrogens is 489 g/mol. The summed E-state index contributed by atoms with van der Waals surface area (Å²) in [4.78, 5) is 25.8. The second-order valence-electron chi connectivity index (χ2n) is 7.97. The Labute approximate surface area is 199 Å². The van der Waals surface area contributed by atoms with Crippen molar-refractivity contribution in [2.45, 2.75) is 32.8 Å². The van der Waals surface area contributed by atoms with Crippen LogP contribution in [0.25, 0.3) is 21.9 Å². The molecule has 1 aromatic heterocycles. The minimum Gasteiger partial charge on any atom is -0.392 e. The normalized spacial score (nSPS) is 12.1. The lowest BCUT2D eigenvalue weighted by atomic mass is 9.99. The van der Waals surface area contributed by atoms with Crippen LogP contribution in [0.5, 0.6) is 11.6 Å². The predicted octanol–water partition coefficient (Wildman–Crippen LogP) is 4.66. The van der Waals surface area contributed by atoms with Gasteiger partial charge < -0.3 is 14.2 Å². The van der Waals surface area contributed by atoms with Crippen molar-refractivity contribution in [2.24, 2.45) is 5.92 Å². The number of ether oxygens (including phenoxy) is 1. The third-order valence-electron chi connectivity index (χ3n) is 4.81. The number of alkyl halides is 3. The van der Waals surface area contributed by atoms with Gasteiger partial charge in [0.25, 0.3) is 5.56 Å². The smallest absolute Gasteiger partial charge is 0.392 e. The lowest BCUT2D eigenvalue weighted by molar-refractivity contribution is -0.0500. The highest BCUT2D eigenvalue weighted by Gasteiger charge is 2.48. The first kappa shape index (κ1) is 26.1. The Morgan fingerprint density at radius 2 is 1.74 bits per heavy atom. The number of benzene rings is 2. The number of nitrogens with one attached hydrogen (secondary N) is 1. The molecule has 3 aromatic rings. The lowest BCUT2D eigenvalue weighted by Crippen LogP contribution is -2.31. The van der Waals surface area contributed by atoms with E-state index in [9.17, 15) is 31.2 Å². The van der Waals surface area contributed by atoms with Crippen molar-refractivity contribution in [3.05, 3.63) is 58.9 Å². The number of hydrogen-bond acceptors (Lipinski definition) is 6. The fourth-order valence-electron chi connectivity index (χ4n) is 3.42. The molecule has 0 spiro atoms. The molecule has 0 fully saturated rings. The summed E-state index contributed by atoms with van der Waals surface area (Å²) in [6, 6.07) is 11.8. The van der Waals surface area contributed by atoms with Gasteiger partial charge in [0, 0.05) is 18.5 Å². The zero-order valence-electron chi connectivity index (χ0n) is 19.0. The summed E-state index contributed by atoms with van der Waals surface area (Å²) in [6.07, 6.45) is -0.794. The Morgan fingerprint density at radius 1 is 1.09 bits per heavy atom. The van der Waals surface area contributed by atoms with Crippen molar-refractivity contribution in [3.8, 4) is 22.8 Å². The van der Waals surface area contributed by atoms with Gasteiger partial charge in [-0.3, -0.25) is 9.36 Å². The van der Waals surface area contributed by atoms with Gasteiger partial charge in [0.1, 0.15) is 5.75 Å². The molecule has 3 rings (SSSR count). The van der Waals surface area contributed by atoms with E-state index >= 15 is 0 Å². The Balaban J connectivity index is 2.36. The first-order valence-electron chi connectivity index (χ1n) is 10.6. The van der Waals surface area contributed by atoms with Crippen LogP contribution in [0.4, 0.5) is 18.0 Å². The molecule has 0 unspecified atom stereocenters. The second-order valence-corrected chi connectivity index (χ2v) is 9.50. The standard InChI is InChI=1S/C23H23F3N2O6S/c1-4-27-22(30)33-21-19(15-8-6-5-7-9-15)17-11-10-16(34-35(31,32)23(24,25)26)12-18(17)20(29)28(21)13-14(2)3/h5-12,14H,4,13H2,1-3H3,(H,27,30). The molecule has 0 saturated heterocycles. The molecule has 0 saturated carbocycles. The molecule has 1 amide bonds. The first-order valence-corrected chi connectivity index (χ1v) is 12.0. The maximum absolute atomic E-state index is 13.4. The van der Waals surface area contributed by atoms with Crippen LogP contribution in [-0.2, 0) is 16.7 Å². The molecule has 0 atom stereocenters. The van der Waals surface area contributed by atoms with Crippen molar-refractivity contribution in [2.75, 3.05) is 6.54 Å². The van der Waals surface area contributed by atoms with Gasteiger partial charge in [-0.05, 0) is 36.6 Å². The molecule has 0 radical (unpaired) electrons. The van der Waals surface area contributed by atoms with Gasteiger partial charge in [0.05, 0.1) is 10.9 Å². The SMILES string of the molecule is CCNC(=O)Oc1c(-c2ccccc2)c2ccc(OS(=O)(=O)C(F)(F)F)cc2c(=O)n1CC(C)C. The topological polar surface area (TPSA) is 104 Å². The molecule has 2 aromatic carbocycles. The Kier molecular flexibility index (Phi) is 7.44. The van der Waals surface area contributed by atoms with E-state index in [2.05, 4.69) is 9.50 Å². The molecule has 8 nitrogen and oxygen atoms in total. The summed E-state index contributed by atoms with van der Waals surface area (Å²) in [7, 11) is -5.94. The molecule has 0 aliphatic carbocycles. The molecule has 188 valence electrons. The number of rotatable bonds is 7. The van der Waals surface area contributed by atoms with Crippen molar-refractivity contribution < 1.29 is 35.3 Å². The zero-order valence-corrected chi connectivity index (χ0v) is 19.9. The van der Waals surface area contributed by atoms with Crippen molar-refractivity contribution in [3.63, 3.8) is 0 Å². The fourth-order valence-corrected chi connectivity index (χ4v) is 3.87. The Hall–Kier alpha value is -3.54. The quantitative estimate of drug-likeness (QED) is 0.365. The van der Waals surface area contributed by atoms with Crippen LogP contribution in [0.15, 0.2) is 53.3 Å². The number of fused-ring (bicyclic) bond motifs is 1. The summed E-state index contributed by atoms with van der Waals surface area (Å²) < 4.78 is 72.4. The number of aromatic nitrogens is 1. The van der Waals surface area contributed by atoms with E-state index in [1.54, 1.807) is 37.3 Å². The van der Waals surface area contributed by atoms with E-state index in [0.717, 1.165) is 12.1 Å². The third-order valence-corrected chi connectivity index (χ3v) is 5.78. The largest absolute Gasteiger partial charge is 0.534 e. The summed E-state index contributed by atoms with van der Waals surface area (Å²) in [5.41, 5.74) is -5.44. The number of halogens is 3. The van der Waals surface area contributed by atoms with Crippen molar-refractivity contribution in [1.82, 2.24) is 9.88 Å². The van der Waals surface area contributed by atoms with Crippen LogP contribution >= 0.6 is 0 Å². The van der Waals surface area contributed by atoms with E-state index in [4.69, 9.17) is 4.74 Å². The van der Waals surface area contributed by atoms with Crippen LogP contribution in [0.1, 0.15) is 20.8 Å². The first-order chi connectivity index (χ1) is 16.4. The van der Waals surface area contributed by atoms with E-state index in [1.165, 1.54) is 10.6 Å². The van der Waals surface area contributed by atoms with E-state index < -0.39 is 33.0 Å². The summed E-state index contributed by atoms with van der Waals surface area (Å²) in [6.45, 7) is 5.72. The third kappa shape index (κ3) is 5.59. The van der Waals surface area contributed by atoms with Gasteiger partial charge in [0.2, 0.25) is 5.88 Å². The fraction of sp³-hybridized carbons (Fsp3) is 0.304. The number of nitrogens with zero attached hydrogens (tertiary/aromatic N) is 1.